The van der Waals surface area contributed by atoms with Crippen molar-refractivity contribution < 1.29 is 18.0 Å². The zero-order valence-electron chi connectivity index (χ0n) is 18.1. The van der Waals surface area contributed by atoms with E-state index in [-0.39, 0.29) is 22.5 Å². The molecule has 30 heavy (non-hydrogen) atoms. The normalized spacial score (nSPS) is 41.1. The van der Waals surface area contributed by atoms with Gasteiger partial charge in [-0.05, 0) is 85.7 Å². The van der Waals surface area contributed by atoms with Crippen LogP contribution in [-0.4, -0.2) is 15.6 Å². The highest BCUT2D eigenvalue weighted by atomic mass is 19.4. The van der Waals surface area contributed by atoms with E-state index in [9.17, 15) is 18.0 Å². The monoisotopic (exact) mass is 420 g/mol. The fourth-order valence-electron chi connectivity index (χ4n) is 7.97. The Morgan fingerprint density at radius 1 is 1.07 bits per heavy atom. The molecule has 4 aliphatic carbocycles. The van der Waals surface area contributed by atoms with Gasteiger partial charge in [-0.25, -0.2) is 0 Å². The molecule has 1 aromatic heterocycles. The number of fused-ring (bicyclic) bond motifs is 5. The van der Waals surface area contributed by atoms with Crippen LogP contribution in [0.5, 0.6) is 0 Å². The summed E-state index contributed by atoms with van der Waals surface area (Å²) in [6.45, 7) is 4.68. The fraction of sp³-hybridized carbons (Fsp3) is 0.750. The molecule has 0 spiro atoms. The van der Waals surface area contributed by atoms with E-state index in [0.29, 0.717) is 29.9 Å². The highest BCUT2D eigenvalue weighted by Gasteiger charge is 2.59. The molecule has 1 aromatic rings. The molecule has 3 saturated carbocycles. The smallest absolute Gasteiger partial charge is 0.295 e. The van der Waals surface area contributed by atoms with Gasteiger partial charge in [-0.15, -0.1) is 0 Å². The molecule has 0 aromatic carbocycles. The van der Waals surface area contributed by atoms with Gasteiger partial charge in [0.05, 0.1) is 5.69 Å². The quantitative estimate of drug-likeness (QED) is 0.554. The maximum Gasteiger partial charge on any atom is 0.433 e. The third kappa shape index (κ3) is 2.77. The van der Waals surface area contributed by atoms with E-state index in [2.05, 4.69) is 18.9 Å². The first kappa shape index (κ1) is 20.3. The standard InChI is InChI=1S/C24H31F3N2O/c1-22-10-8-15(30)12-14(22)4-5-16-17-6-7-19(23(17,2)11-9-18(16)22)20-13-21(24(25,26)27)29(3)28-20/h12-13,16-19H,4-11H2,1-3H3/t16-,17-,18-,19-,22-,23-/m0/s1. The molecule has 0 unspecified atom stereocenters. The number of aromatic nitrogens is 2. The van der Waals surface area contributed by atoms with Gasteiger partial charge >= 0.3 is 6.18 Å². The Morgan fingerprint density at radius 3 is 2.53 bits per heavy atom. The lowest BCUT2D eigenvalue weighted by Gasteiger charge is -2.58. The Morgan fingerprint density at radius 2 is 1.83 bits per heavy atom. The van der Waals surface area contributed by atoms with Crippen LogP contribution in [0, 0.1) is 28.6 Å². The lowest BCUT2D eigenvalue weighted by Crippen LogP contribution is -2.50. The van der Waals surface area contributed by atoms with Gasteiger partial charge in [-0.1, -0.05) is 19.4 Å². The van der Waals surface area contributed by atoms with Gasteiger partial charge in [-0.2, -0.15) is 18.3 Å². The number of halogens is 3. The van der Waals surface area contributed by atoms with Gasteiger partial charge in [0.1, 0.15) is 5.69 Å². The third-order valence-corrected chi connectivity index (χ3v) is 9.51. The SMILES string of the molecule is Cn1nc([C@@H]2CC[C@H]3[C@@H]4CCC5=CC(=O)CC[C@]5(C)[C@H]4CC[C@]23C)cc1C(F)(F)F. The van der Waals surface area contributed by atoms with E-state index in [4.69, 9.17) is 0 Å². The number of hydrogen-bond acceptors (Lipinski definition) is 2. The number of hydrogen-bond donors (Lipinski definition) is 0. The maximum absolute atomic E-state index is 13.3. The summed E-state index contributed by atoms with van der Waals surface area (Å²) in [5.41, 5.74) is 1.48. The second-order valence-corrected chi connectivity index (χ2v) is 10.7. The molecule has 0 bridgehead atoms. The Kier molecular flexibility index (Phi) is 4.37. The predicted octanol–water partition coefficient (Wildman–Crippen LogP) is 6.05. The molecule has 6 heteroatoms. The summed E-state index contributed by atoms with van der Waals surface area (Å²) in [7, 11) is 1.40. The average Bonchev–Trinajstić information content (AvgIpc) is 3.21. The molecule has 4 aliphatic rings. The summed E-state index contributed by atoms with van der Waals surface area (Å²) in [6, 6.07) is 1.29. The minimum Gasteiger partial charge on any atom is -0.295 e. The number of nitrogens with zero attached hydrogens (tertiary/aromatic N) is 2. The zero-order chi connectivity index (χ0) is 21.5. The minimum atomic E-state index is -4.37. The maximum atomic E-state index is 13.3. The van der Waals surface area contributed by atoms with Crippen molar-refractivity contribution >= 4 is 5.78 Å². The first-order valence-corrected chi connectivity index (χ1v) is 11.4. The van der Waals surface area contributed by atoms with E-state index >= 15 is 0 Å². The predicted molar refractivity (Wildman–Crippen MR) is 108 cm³/mol. The summed E-state index contributed by atoms with van der Waals surface area (Å²) < 4.78 is 41.0. The van der Waals surface area contributed by atoms with Crippen LogP contribution in [0.4, 0.5) is 13.2 Å². The van der Waals surface area contributed by atoms with Gasteiger partial charge in [-0.3, -0.25) is 9.48 Å². The third-order valence-electron chi connectivity index (χ3n) is 9.51. The van der Waals surface area contributed by atoms with Crippen LogP contribution in [0.25, 0.3) is 0 Å². The minimum absolute atomic E-state index is 0.0143. The number of allylic oxidation sites excluding steroid dienone is 1. The number of ketones is 1. The van der Waals surface area contributed by atoms with Crippen molar-refractivity contribution in [2.45, 2.75) is 77.3 Å². The number of rotatable bonds is 1. The second-order valence-electron chi connectivity index (χ2n) is 10.7. The van der Waals surface area contributed by atoms with Crippen molar-refractivity contribution in [3.63, 3.8) is 0 Å². The topological polar surface area (TPSA) is 34.9 Å². The van der Waals surface area contributed by atoms with Crippen LogP contribution < -0.4 is 0 Å². The second kappa shape index (κ2) is 6.46. The molecule has 6 atom stereocenters. The molecule has 0 saturated heterocycles. The molecule has 1 heterocycles. The highest BCUT2D eigenvalue weighted by Crippen LogP contribution is 2.68. The van der Waals surface area contributed by atoms with E-state index in [0.717, 1.165) is 49.6 Å². The van der Waals surface area contributed by atoms with E-state index in [1.54, 1.807) is 0 Å². The van der Waals surface area contributed by atoms with Crippen LogP contribution in [-0.2, 0) is 18.0 Å². The largest absolute Gasteiger partial charge is 0.433 e. The van der Waals surface area contributed by atoms with Crippen LogP contribution in [0.15, 0.2) is 17.7 Å². The Labute approximate surface area is 176 Å². The van der Waals surface area contributed by atoms with Crippen LogP contribution in [0.2, 0.25) is 0 Å². The number of aryl methyl sites for hydroxylation is 1. The number of alkyl halides is 3. The average molecular weight is 421 g/mol. The molecule has 3 nitrogen and oxygen atoms in total. The lowest BCUT2D eigenvalue weighted by molar-refractivity contribution is -0.143. The van der Waals surface area contributed by atoms with Crippen molar-refractivity contribution in [3.05, 3.63) is 29.1 Å². The molecule has 0 N–H and O–H groups in total. The van der Waals surface area contributed by atoms with E-state index in [1.807, 2.05) is 6.08 Å². The molecular formula is C24H31F3N2O. The summed E-state index contributed by atoms with van der Waals surface area (Å²) in [5.74, 6) is 2.11. The van der Waals surface area contributed by atoms with Crippen LogP contribution in [0.1, 0.15) is 82.5 Å². The van der Waals surface area contributed by atoms with Crippen molar-refractivity contribution in [2.24, 2.45) is 35.6 Å². The Hall–Kier alpha value is -1.59. The van der Waals surface area contributed by atoms with Gasteiger partial charge in [0.25, 0.3) is 0 Å². The lowest BCUT2D eigenvalue weighted by atomic mass is 9.47. The number of carbonyl (C=O) groups excluding carboxylic acids is 1. The molecule has 0 aliphatic heterocycles. The Bertz CT molecular complexity index is 916. The van der Waals surface area contributed by atoms with Gasteiger partial charge in [0.2, 0.25) is 0 Å². The van der Waals surface area contributed by atoms with E-state index < -0.39 is 11.9 Å². The van der Waals surface area contributed by atoms with Crippen LogP contribution >= 0.6 is 0 Å². The molecule has 5 rings (SSSR count). The zero-order valence-corrected chi connectivity index (χ0v) is 18.1. The van der Waals surface area contributed by atoms with Gasteiger partial charge < -0.3 is 0 Å². The highest BCUT2D eigenvalue weighted by molar-refractivity contribution is 5.91. The summed E-state index contributed by atoms with van der Waals surface area (Å²) in [4.78, 5) is 12.0. The molecular weight excluding hydrogens is 389 g/mol. The summed E-state index contributed by atoms with van der Waals surface area (Å²) >= 11 is 0. The van der Waals surface area contributed by atoms with E-state index in [1.165, 1.54) is 18.7 Å². The molecule has 0 radical (unpaired) electrons. The number of carbonyl (C=O) groups is 1. The van der Waals surface area contributed by atoms with Crippen molar-refractivity contribution in [3.8, 4) is 0 Å². The fourth-order valence-corrected chi connectivity index (χ4v) is 7.97. The molecule has 164 valence electrons. The van der Waals surface area contributed by atoms with Crippen molar-refractivity contribution in [2.75, 3.05) is 0 Å². The molecule has 0 amide bonds. The van der Waals surface area contributed by atoms with Gasteiger partial charge in [0.15, 0.2) is 5.78 Å². The summed E-state index contributed by atoms with van der Waals surface area (Å²) in [6.07, 6.45) is 5.44. The summed E-state index contributed by atoms with van der Waals surface area (Å²) in [5, 5.41) is 4.34. The Balaban J connectivity index is 1.45. The first-order valence-electron chi connectivity index (χ1n) is 11.4. The van der Waals surface area contributed by atoms with Gasteiger partial charge in [0, 0.05) is 19.4 Å². The molecule has 3 fully saturated rings. The van der Waals surface area contributed by atoms with Crippen LogP contribution in [0.3, 0.4) is 0 Å². The van der Waals surface area contributed by atoms with Crippen molar-refractivity contribution in [1.82, 2.24) is 9.78 Å². The first-order chi connectivity index (χ1) is 14.0. The van der Waals surface area contributed by atoms with Crippen molar-refractivity contribution in [1.29, 1.82) is 0 Å².